The highest BCUT2D eigenvalue weighted by Crippen LogP contribution is 2.29. The Labute approximate surface area is 171 Å². The molecule has 9 heteroatoms. The topological polar surface area (TPSA) is 111 Å². The fourth-order valence-corrected chi connectivity index (χ4v) is 4.20. The van der Waals surface area contributed by atoms with Gasteiger partial charge in [-0.15, -0.1) is 23.4 Å². The van der Waals surface area contributed by atoms with Gasteiger partial charge in [-0.2, -0.15) is 0 Å². The normalized spacial score (nSPS) is 38.1. The summed E-state index contributed by atoms with van der Waals surface area (Å²) in [5.41, 5.74) is -0.510. The van der Waals surface area contributed by atoms with Crippen molar-refractivity contribution >= 4 is 29.3 Å². The third-order valence-electron chi connectivity index (χ3n) is 4.92. The Balaban J connectivity index is 0.000000277. The molecule has 5 N–H and O–H groups in total. The lowest BCUT2D eigenvalue weighted by molar-refractivity contribution is -0.198. The van der Waals surface area contributed by atoms with Crippen LogP contribution in [0.15, 0.2) is 0 Å². The lowest BCUT2D eigenvalue weighted by atomic mass is 9.97. The predicted molar refractivity (Wildman–Crippen MR) is 109 cm³/mol. The minimum Gasteiger partial charge on any atom is -0.388 e. The Hall–Kier alpha value is -0.0900. The predicted octanol–water partition coefficient (Wildman–Crippen LogP) is 0.685. The fraction of sp³-hybridized carbons (Fsp3) is 0.944. The first-order chi connectivity index (χ1) is 12.7. The molecule has 2 aliphatic rings. The van der Waals surface area contributed by atoms with E-state index in [2.05, 4.69) is 17.6 Å². The smallest absolute Gasteiger partial charge is 0.236 e. The lowest BCUT2D eigenvalue weighted by Crippen LogP contribution is -2.56. The van der Waals surface area contributed by atoms with E-state index in [9.17, 15) is 20.1 Å². The lowest BCUT2D eigenvalue weighted by Gasteiger charge is -2.40. The van der Waals surface area contributed by atoms with Crippen molar-refractivity contribution in [3.63, 3.8) is 0 Å². The Morgan fingerprint density at radius 3 is 2.56 bits per heavy atom. The molecule has 1 unspecified atom stereocenters. The van der Waals surface area contributed by atoms with Crippen molar-refractivity contribution in [1.82, 2.24) is 10.6 Å². The van der Waals surface area contributed by atoms with E-state index >= 15 is 0 Å². The second-order valence-electron chi connectivity index (χ2n) is 7.37. The van der Waals surface area contributed by atoms with Crippen LogP contribution in [0.5, 0.6) is 0 Å². The molecular weight excluding hydrogens is 392 g/mol. The first-order valence-corrected chi connectivity index (χ1v) is 11.2. The highest BCUT2D eigenvalue weighted by molar-refractivity contribution is 7.99. The van der Waals surface area contributed by atoms with E-state index in [1.165, 1.54) is 24.6 Å². The van der Waals surface area contributed by atoms with E-state index in [0.29, 0.717) is 12.3 Å². The molecule has 0 aromatic heterocycles. The highest BCUT2D eigenvalue weighted by atomic mass is 35.5. The largest absolute Gasteiger partial charge is 0.388 e. The molecule has 2 aliphatic heterocycles. The molecule has 0 aliphatic carbocycles. The Kier molecular flexibility index (Phi) is 11.5. The zero-order valence-corrected chi connectivity index (χ0v) is 18.2. The molecule has 0 bridgehead atoms. The average molecular weight is 427 g/mol. The summed E-state index contributed by atoms with van der Waals surface area (Å²) in [5.74, 6) is 0.797. The number of ether oxygens (including phenoxy) is 1. The van der Waals surface area contributed by atoms with Crippen molar-refractivity contribution < 1.29 is 24.9 Å². The number of halogens is 1. The molecule has 2 heterocycles. The second kappa shape index (κ2) is 12.5. The van der Waals surface area contributed by atoms with Crippen molar-refractivity contribution in [1.29, 1.82) is 0 Å². The van der Waals surface area contributed by atoms with Crippen LogP contribution in [0, 0.1) is 5.92 Å². The van der Waals surface area contributed by atoms with Gasteiger partial charge < -0.3 is 30.7 Å². The average Bonchev–Trinajstić information content (AvgIpc) is 2.86. The molecule has 2 fully saturated rings. The summed E-state index contributed by atoms with van der Waals surface area (Å²) < 4.78 is 5.46. The maximum atomic E-state index is 11.3. The van der Waals surface area contributed by atoms with Crippen molar-refractivity contribution in [3.8, 4) is 0 Å². The van der Waals surface area contributed by atoms with E-state index in [0.717, 1.165) is 13.0 Å². The summed E-state index contributed by atoms with van der Waals surface area (Å²) in [6.45, 7) is 4.98. The van der Waals surface area contributed by atoms with Crippen LogP contribution in [-0.2, 0) is 9.53 Å². The number of alkyl halides is 1. The van der Waals surface area contributed by atoms with Crippen LogP contribution >= 0.6 is 23.4 Å². The van der Waals surface area contributed by atoms with Crippen LogP contribution in [0.3, 0.4) is 0 Å². The molecule has 0 saturated carbocycles. The monoisotopic (exact) mass is 426 g/mol. The Bertz CT molecular complexity index is 444. The van der Waals surface area contributed by atoms with E-state index in [4.69, 9.17) is 16.3 Å². The van der Waals surface area contributed by atoms with E-state index in [-0.39, 0.29) is 17.3 Å². The number of nitrogens with one attached hydrogen (secondary N) is 2. The summed E-state index contributed by atoms with van der Waals surface area (Å²) in [6.07, 6.45) is 1.80. The molecule has 2 rings (SSSR count). The molecule has 27 heavy (non-hydrogen) atoms. The summed E-state index contributed by atoms with van der Waals surface area (Å²) in [4.78, 5) is 11.3. The molecule has 1 amide bonds. The van der Waals surface area contributed by atoms with Gasteiger partial charge in [0.15, 0.2) is 0 Å². The Morgan fingerprint density at radius 1 is 1.33 bits per heavy atom. The molecule has 2 saturated heterocycles. The van der Waals surface area contributed by atoms with Crippen LogP contribution < -0.4 is 10.6 Å². The summed E-state index contributed by atoms with van der Waals surface area (Å²) in [6, 6.07) is 0.0347. The SMILES string of the molecule is CNC(=O)[C@@H]1CC(C)CCCN1.CS[C@H]1O[C@H](C[C@H](C)Cl)[C@H](O)[C@H](O)[C@H]1O. The molecule has 160 valence electrons. The number of carbonyl (C=O) groups excluding carboxylic acids is 1. The first-order valence-electron chi connectivity index (χ1n) is 9.52. The molecular formula is C18H35ClN2O5S. The first kappa shape index (κ1) is 24.9. The number of rotatable bonds is 4. The van der Waals surface area contributed by atoms with Gasteiger partial charge in [0, 0.05) is 12.4 Å². The summed E-state index contributed by atoms with van der Waals surface area (Å²) in [7, 11) is 1.69. The maximum absolute atomic E-state index is 11.3. The van der Waals surface area contributed by atoms with Gasteiger partial charge in [0.2, 0.25) is 5.91 Å². The number of hydrogen-bond donors (Lipinski definition) is 5. The van der Waals surface area contributed by atoms with Gasteiger partial charge in [0.05, 0.1) is 12.1 Å². The van der Waals surface area contributed by atoms with Crippen molar-refractivity contribution in [2.45, 2.75) is 80.8 Å². The van der Waals surface area contributed by atoms with Gasteiger partial charge in [0.25, 0.3) is 0 Å². The highest BCUT2D eigenvalue weighted by Gasteiger charge is 2.43. The number of amides is 1. The molecule has 0 radical (unpaired) electrons. The standard InChI is InChI=1S/C9H17ClO4S.C9H18N2O/c1-4(10)3-5-6(11)7(12)8(13)9(14-5)15-2;1-7-4-3-5-11-8(6-7)9(12)10-2/h4-9,11-13H,3H2,1-2H3;7-8,11H,3-6H2,1-2H3,(H,10,12)/t4-,5+,6-,7-,8+,9+;7?,8-/m00/s1. The number of likely N-dealkylation sites (N-methyl/N-ethyl adjacent to an activating group) is 1. The third kappa shape index (κ3) is 8.04. The van der Waals surface area contributed by atoms with Crippen LogP contribution in [0.25, 0.3) is 0 Å². The van der Waals surface area contributed by atoms with Crippen molar-refractivity contribution in [3.05, 3.63) is 0 Å². The van der Waals surface area contributed by atoms with Gasteiger partial charge in [-0.1, -0.05) is 6.92 Å². The summed E-state index contributed by atoms with van der Waals surface area (Å²) in [5, 5.41) is 34.6. The molecule has 0 spiro atoms. The Morgan fingerprint density at radius 2 is 2.00 bits per heavy atom. The van der Waals surface area contributed by atoms with Crippen LogP contribution in [-0.4, -0.2) is 82.3 Å². The van der Waals surface area contributed by atoms with Gasteiger partial charge in [-0.25, -0.2) is 0 Å². The molecule has 8 atom stereocenters. The zero-order chi connectivity index (χ0) is 20.6. The van der Waals surface area contributed by atoms with Crippen molar-refractivity contribution in [2.24, 2.45) is 5.92 Å². The zero-order valence-electron chi connectivity index (χ0n) is 16.6. The molecule has 0 aromatic carbocycles. The number of hydrogen-bond acceptors (Lipinski definition) is 7. The molecule has 0 aromatic rings. The number of thioether (sulfide) groups is 1. The van der Waals surface area contributed by atoms with Crippen LogP contribution in [0.4, 0.5) is 0 Å². The van der Waals surface area contributed by atoms with Gasteiger partial charge in [0.1, 0.15) is 23.7 Å². The minimum atomic E-state index is -1.17. The van der Waals surface area contributed by atoms with E-state index in [1.807, 2.05) is 0 Å². The van der Waals surface area contributed by atoms with E-state index in [1.54, 1.807) is 20.2 Å². The molecule has 7 nitrogen and oxygen atoms in total. The fourth-order valence-electron chi connectivity index (χ4n) is 3.33. The maximum Gasteiger partial charge on any atom is 0.236 e. The number of aliphatic hydroxyl groups excluding tert-OH is 3. The number of aliphatic hydroxyl groups is 3. The van der Waals surface area contributed by atoms with Crippen LogP contribution in [0.1, 0.15) is 39.5 Å². The third-order valence-corrected chi connectivity index (χ3v) is 5.96. The second-order valence-corrected chi connectivity index (χ2v) is 9.05. The van der Waals surface area contributed by atoms with Gasteiger partial charge in [-0.05, 0) is 51.3 Å². The van der Waals surface area contributed by atoms with E-state index < -0.39 is 29.9 Å². The van der Waals surface area contributed by atoms with Gasteiger partial charge in [-0.3, -0.25) is 4.79 Å². The quantitative estimate of drug-likeness (QED) is 0.420. The number of carbonyl (C=O) groups is 1. The van der Waals surface area contributed by atoms with Crippen LogP contribution in [0.2, 0.25) is 0 Å². The summed E-state index contributed by atoms with van der Waals surface area (Å²) >= 11 is 7.11. The van der Waals surface area contributed by atoms with Crippen molar-refractivity contribution in [2.75, 3.05) is 19.8 Å². The van der Waals surface area contributed by atoms with Gasteiger partial charge >= 0.3 is 0 Å². The minimum absolute atomic E-state index is 0.0347.